The number of aryl methyl sites for hydroxylation is 1. The minimum absolute atomic E-state index is 0.331. The van der Waals surface area contributed by atoms with Crippen molar-refractivity contribution in [3.8, 4) is 0 Å². The minimum atomic E-state index is -0.477. The van der Waals surface area contributed by atoms with Crippen LogP contribution < -0.4 is 0 Å². The van der Waals surface area contributed by atoms with E-state index in [2.05, 4.69) is 36.1 Å². The average molecular weight is 315 g/mol. The monoisotopic (exact) mass is 315 g/mol. The molecule has 1 saturated carbocycles. The molecule has 4 nitrogen and oxygen atoms in total. The zero-order valence-corrected chi connectivity index (χ0v) is 13.6. The molecule has 1 aromatic heterocycles. The van der Waals surface area contributed by atoms with E-state index in [1.807, 2.05) is 12.1 Å². The highest BCUT2D eigenvalue weighted by atomic mass is 16.5. The van der Waals surface area contributed by atoms with E-state index in [4.69, 9.17) is 9.15 Å². The molecule has 0 radical (unpaired) electrons. The molecule has 23 heavy (non-hydrogen) atoms. The molecular formula is C19H25NO3. The van der Waals surface area contributed by atoms with Crippen molar-refractivity contribution in [3.63, 3.8) is 0 Å². The maximum atomic E-state index is 10.3. The second kappa shape index (κ2) is 7.77. The van der Waals surface area contributed by atoms with E-state index in [0.29, 0.717) is 25.8 Å². The fourth-order valence-corrected chi connectivity index (χ4v) is 2.84. The normalized spacial score (nSPS) is 16.0. The van der Waals surface area contributed by atoms with Crippen molar-refractivity contribution in [1.29, 1.82) is 0 Å². The molecule has 3 rings (SSSR count). The lowest BCUT2D eigenvalue weighted by molar-refractivity contribution is 0.00246. The Morgan fingerprint density at radius 1 is 1.30 bits per heavy atom. The number of aliphatic hydroxyl groups is 1. The summed E-state index contributed by atoms with van der Waals surface area (Å²) in [5.41, 5.74) is 2.58. The van der Waals surface area contributed by atoms with Crippen molar-refractivity contribution in [2.24, 2.45) is 0 Å². The first-order chi connectivity index (χ1) is 11.2. The summed E-state index contributed by atoms with van der Waals surface area (Å²) in [4.78, 5) is 2.37. The highest BCUT2D eigenvalue weighted by molar-refractivity contribution is 5.22. The van der Waals surface area contributed by atoms with Crippen molar-refractivity contribution >= 4 is 0 Å². The molecular weight excluding hydrogens is 290 g/mol. The number of furan rings is 1. The van der Waals surface area contributed by atoms with Gasteiger partial charge >= 0.3 is 0 Å². The van der Waals surface area contributed by atoms with Gasteiger partial charge < -0.3 is 14.3 Å². The zero-order valence-electron chi connectivity index (χ0n) is 13.6. The van der Waals surface area contributed by atoms with Crippen molar-refractivity contribution in [2.75, 3.05) is 13.2 Å². The Kier molecular flexibility index (Phi) is 5.49. The van der Waals surface area contributed by atoms with Crippen LogP contribution in [0.3, 0.4) is 0 Å². The molecule has 0 unspecified atom stereocenters. The number of benzene rings is 1. The molecule has 1 N–H and O–H groups in total. The van der Waals surface area contributed by atoms with Crippen LogP contribution in [-0.4, -0.2) is 35.3 Å². The molecule has 1 fully saturated rings. The van der Waals surface area contributed by atoms with Crippen LogP contribution in [0.25, 0.3) is 0 Å². The smallest absolute Gasteiger partial charge is 0.129 e. The predicted octanol–water partition coefficient (Wildman–Crippen LogP) is 3.13. The van der Waals surface area contributed by atoms with Crippen LogP contribution in [0.4, 0.5) is 0 Å². The predicted molar refractivity (Wildman–Crippen MR) is 89.0 cm³/mol. The molecule has 1 aliphatic rings. The van der Waals surface area contributed by atoms with Crippen molar-refractivity contribution in [1.82, 2.24) is 4.90 Å². The Morgan fingerprint density at radius 2 is 2.17 bits per heavy atom. The van der Waals surface area contributed by atoms with Gasteiger partial charge in [-0.05, 0) is 37.5 Å². The van der Waals surface area contributed by atoms with E-state index in [9.17, 15) is 5.11 Å². The van der Waals surface area contributed by atoms with Gasteiger partial charge in [0.05, 0.1) is 19.0 Å². The number of hydrogen-bond acceptors (Lipinski definition) is 4. The number of rotatable bonds is 9. The quantitative estimate of drug-likeness (QED) is 0.772. The van der Waals surface area contributed by atoms with Crippen LogP contribution in [0.5, 0.6) is 0 Å². The largest absolute Gasteiger partial charge is 0.467 e. The van der Waals surface area contributed by atoms with Gasteiger partial charge in [0.2, 0.25) is 0 Å². The summed E-state index contributed by atoms with van der Waals surface area (Å²) in [5, 5.41) is 10.3. The number of nitrogens with zero attached hydrogens (tertiary/aromatic N) is 1. The van der Waals surface area contributed by atoms with Crippen LogP contribution >= 0.6 is 0 Å². The Hall–Kier alpha value is -1.62. The maximum absolute atomic E-state index is 10.3. The Labute approximate surface area is 137 Å². The lowest BCUT2D eigenvalue weighted by Gasteiger charge is -2.25. The van der Waals surface area contributed by atoms with Crippen LogP contribution in [0, 0.1) is 6.92 Å². The average Bonchev–Trinajstić information content (AvgIpc) is 3.24. The molecule has 0 amide bonds. The van der Waals surface area contributed by atoms with Crippen LogP contribution in [0.1, 0.15) is 29.7 Å². The van der Waals surface area contributed by atoms with Gasteiger partial charge in [0, 0.05) is 19.1 Å². The van der Waals surface area contributed by atoms with E-state index in [1.165, 1.54) is 24.0 Å². The molecule has 2 aromatic rings. The summed E-state index contributed by atoms with van der Waals surface area (Å²) in [5.74, 6) is 0.788. The first kappa shape index (κ1) is 16.2. The molecule has 0 saturated heterocycles. The summed E-state index contributed by atoms with van der Waals surface area (Å²) in [6.07, 6.45) is 3.61. The van der Waals surface area contributed by atoms with Crippen molar-refractivity contribution in [2.45, 2.75) is 45.1 Å². The third-order valence-electron chi connectivity index (χ3n) is 4.11. The second-order valence-corrected chi connectivity index (χ2v) is 6.40. The first-order valence-corrected chi connectivity index (χ1v) is 8.28. The SMILES string of the molecule is Cc1cccc(CN(C[C@H](O)COCc2ccco2)C2CC2)c1. The summed E-state index contributed by atoms with van der Waals surface area (Å²) in [7, 11) is 0. The summed E-state index contributed by atoms with van der Waals surface area (Å²) < 4.78 is 10.8. The molecule has 0 bridgehead atoms. The highest BCUT2D eigenvalue weighted by Crippen LogP contribution is 2.28. The zero-order chi connectivity index (χ0) is 16.1. The van der Waals surface area contributed by atoms with Gasteiger partial charge in [-0.25, -0.2) is 0 Å². The van der Waals surface area contributed by atoms with Crippen LogP contribution in [0.2, 0.25) is 0 Å². The molecule has 0 spiro atoms. The molecule has 124 valence electrons. The topological polar surface area (TPSA) is 45.8 Å². The van der Waals surface area contributed by atoms with E-state index in [1.54, 1.807) is 6.26 Å². The lowest BCUT2D eigenvalue weighted by atomic mass is 10.1. The first-order valence-electron chi connectivity index (χ1n) is 8.28. The van der Waals surface area contributed by atoms with E-state index < -0.39 is 6.10 Å². The number of hydrogen-bond donors (Lipinski definition) is 1. The van der Waals surface area contributed by atoms with Gasteiger partial charge in [-0.2, -0.15) is 0 Å². The fourth-order valence-electron chi connectivity index (χ4n) is 2.84. The summed E-state index contributed by atoms with van der Waals surface area (Å²) in [6.45, 7) is 4.39. The van der Waals surface area contributed by atoms with Gasteiger partial charge in [0.1, 0.15) is 12.4 Å². The van der Waals surface area contributed by atoms with Crippen LogP contribution in [0.15, 0.2) is 47.1 Å². The third kappa shape index (κ3) is 5.20. The van der Waals surface area contributed by atoms with Crippen molar-refractivity contribution in [3.05, 3.63) is 59.5 Å². The Morgan fingerprint density at radius 3 is 2.87 bits per heavy atom. The van der Waals surface area contributed by atoms with Gasteiger partial charge in [0.25, 0.3) is 0 Å². The number of aliphatic hydroxyl groups excluding tert-OH is 1. The Bertz CT molecular complexity index is 592. The molecule has 1 heterocycles. The van der Waals surface area contributed by atoms with Crippen LogP contribution in [-0.2, 0) is 17.9 Å². The summed E-state index contributed by atoms with van der Waals surface area (Å²) >= 11 is 0. The summed E-state index contributed by atoms with van der Waals surface area (Å²) in [6, 6.07) is 12.9. The molecule has 0 aliphatic heterocycles. The lowest BCUT2D eigenvalue weighted by Crippen LogP contribution is -2.36. The molecule has 4 heteroatoms. The Balaban J connectivity index is 1.46. The van der Waals surface area contributed by atoms with Gasteiger partial charge in [0.15, 0.2) is 0 Å². The van der Waals surface area contributed by atoms with Gasteiger partial charge in [-0.1, -0.05) is 29.8 Å². The standard InChI is InChI=1S/C19H25NO3/c1-15-4-2-5-16(10-15)11-20(17-7-8-17)12-18(21)13-22-14-19-6-3-9-23-19/h2-6,9-10,17-18,21H,7-8,11-14H2,1H3/t18-/m0/s1. The van der Waals surface area contributed by atoms with E-state index in [-0.39, 0.29) is 0 Å². The van der Waals surface area contributed by atoms with E-state index in [0.717, 1.165) is 12.3 Å². The molecule has 1 atom stereocenters. The van der Waals surface area contributed by atoms with Gasteiger partial charge in [-0.15, -0.1) is 0 Å². The maximum Gasteiger partial charge on any atom is 0.129 e. The molecule has 1 aliphatic carbocycles. The number of ether oxygens (including phenoxy) is 1. The van der Waals surface area contributed by atoms with E-state index >= 15 is 0 Å². The molecule has 1 aromatic carbocycles. The fraction of sp³-hybridized carbons (Fsp3) is 0.474. The van der Waals surface area contributed by atoms with Gasteiger partial charge in [-0.3, -0.25) is 4.90 Å². The van der Waals surface area contributed by atoms with Crippen molar-refractivity contribution < 1.29 is 14.3 Å². The highest BCUT2D eigenvalue weighted by Gasteiger charge is 2.30. The third-order valence-corrected chi connectivity index (χ3v) is 4.11. The minimum Gasteiger partial charge on any atom is -0.467 e. The second-order valence-electron chi connectivity index (χ2n) is 6.40.